The first kappa shape index (κ1) is 15.1. The molecule has 2 aliphatic rings. The van der Waals surface area contributed by atoms with E-state index in [9.17, 15) is 0 Å². The van der Waals surface area contributed by atoms with Crippen LogP contribution >= 0.6 is 11.6 Å². The second-order valence-corrected chi connectivity index (χ2v) is 6.77. The molecule has 3 atom stereocenters. The van der Waals surface area contributed by atoms with Gasteiger partial charge in [-0.3, -0.25) is 4.74 Å². The predicted molar refractivity (Wildman–Crippen MR) is 93.6 cm³/mol. The van der Waals surface area contributed by atoms with E-state index < -0.39 is 11.0 Å². The third-order valence-electron chi connectivity index (χ3n) is 4.84. The van der Waals surface area contributed by atoms with E-state index in [1.165, 1.54) is 0 Å². The minimum atomic E-state index is -1.45. The van der Waals surface area contributed by atoms with E-state index in [1.54, 1.807) is 0 Å². The van der Waals surface area contributed by atoms with Gasteiger partial charge in [0.05, 0.1) is 5.92 Å². The van der Waals surface area contributed by atoms with Crippen molar-refractivity contribution in [2.45, 2.75) is 17.0 Å². The Hall–Kier alpha value is -2.17. The van der Waals surface area contributed by atoms with Gasteiger partial charge in [0.2, 0.25) is 5.79 Å². The molecule has 25 heavy (non-hydrogen) atoms. The molecule has 124 valence electrons. The highest BCUT2D eigenvalue weighted by Crippen LogP contribution is 2.61. The Bertz CT molecular complexity index is 915. The van der Waals surface area contributed by atoms with E-state index in [-0.39, 0.29) is 5.92 Å². The maximum Gasteiger partial charge on any atom is 0.308 e. The normalized spacial score (nSPS) is 30.0. The first-order valence-corrected chi connectivity index (χ1v) is 8.56. The highest BCUT2D eigenvalue weighted by Gasteiger charge is 2.64. The van der Waals surface area contributed by atoms with Crippen LogP contribution in [-0.4, -0.2) is 0 Å². The molecule has 5 rings (SSSR count). The Kier molecular flexibility index (Phi) is 3.27. The summed E-state index contributed by atoms with van der Waals surface area (Å²) in [5.74, 6) is -1.35. The molecule has 0 spiro atoms. The Balaban J connectivity index is 1.81. The van der Waals surface area contributed by atoms with Crippen LogP contribution in [-0.2, 0) is 25.5 Å². The second kappa shape index (κ2) is 5.41. The van der Waals surface area contributed by atoms with Gasteiger partial charge in [0, 0.05) is 11.1 Å². The summed E-state index contributed by atoms with van der Waals surface area (Å²) in [6.45, 7) is 0. The van der Waals surface area contributed by atoms with Crippen molar-refractivity contribution in [2.24, 2.45) is 0 Å². The van der Waals surface area contributed by atoms with Crippen molar-refractivity contribution in [2.75, 3.05) is 0 Å². The van der Waals surface area contributed by atoms with Crippen molar-refractivity contribution >= 4 is 11.6 Å². The van der Waals surface area contributed by atoms with Crippen LogP contribution in [0.4, 0.5) is 0 Å². The molecule has 0 aromatic heterocycles. The van der Waals surface area contributed by atoms with E-state index in [2.05, 4.69) is 18.2 Å². The van der Waals surface area contributed by atoms with Crippen LogP contribution in [0.25, 0.3) is 0 Å². The fourth-order valence-corrected chi connectivity index (χ4v) is 4.08. The lowest BCUT2D eigenvalue weighted by atomic mass is 9.77. The highest BCUT2D eigenvalue weighted by molar-refractivity contribution is 6.22. The molecule has 2 aliphatic heterocycles. The first-order valence-electron chi connectivity index (χ1n) is 8.19. The lowest BCUT2D eigenvalue weighted by Gasteiger charge is -2.40. The number of benzene rings is 3. The summed E-state index contributed by atoms with van der Waals surface area (Å²) in [4.78, 5) is 11.4. The Morgan fingerprint density at radius 3 is 2.12 bits per heavy atom. The largest absolute Gasteiger partial charge is 0.308 e. The molecular formula is C21H15ClO3. The molecule has 3 aromatic rings. The molecule has 4 heteroatoms. The molecule has 2 bridgehead atoms. The predicted octanol–water partition coefficient (Wildman–Crippen LogP) is 5.01. The van der Waals surface area contributed by atoms with Crippen LogP contribution in [0.1, 0.15) is 28.2 Å². The number of hydrogen-bond acceptors (Lipinski definition) is 3. The third-order valence-corrected chi connectivity index (χ3v) is 5.18. The Labute approximate surface area is 150 Å². The zero-order valence-electron chi connectivity index (χ0n) is 13.3. The number of rotatable bonds is 2. The van der Waals surface area contributed by atoms with Gasteiger partial charge in [-0.2, -0.15) is 9.78 Å². The molecule has 0 unspecified atom stereocenters. The topological polar surface area (TPSA) is 27.7 Å². The van der Waals surface area contributed by atoms with Crippen molar-refractivity contribution in [1.29, 1.82) is 0 Å². The lowest BCUT2D eigenvalue weighted by Crippen LogP contribution is -2.42. The fourth-order valence-electron chi connectivity index (χ4n) is 3.77. The monoisotopic (exact) mass is 350 g/mol. The number of ether oxygens (including phenoxy) is 1. The van der Waals surface area contributed by atoms with Crippen LogP contribution in [0.15, 0.2) is 84.9 Å². The van der Waals surface area contributed by atoms with Crippen molar-refractivity contribution < 1.29 is 14.5 Å². The average Bonchev–Trinajstić information content (AvgIpc) is 2.99. The zero-order valence-corrected chi connectivity index (χ0v) is 14.0. The molecule has 0 N–H and O–H groups in total. The van der Waals surface area contributed by atoms with Gasteiger partial charge >= 0.3 is 5.25 Å². The van der Waals surface area contributed by atoms with Crippen LogP contribution in [0.3, 0.4) is 0 Å². The molecule has 1 fully saturated rings. The van der Waals surface area contributed by atoms with Gasteiger partial charge < -0.3 is 0 Å². The molecule has 1 saturated heterocycles. The van der Waals surface area contributed by atoms with E-state index in [0.717, 1.165) is 22.3 Å². The van der Waals surface area contributed by atoms with Crippen LogP contribution in [0, 0.1) is 0 Å². The zero-order chi connectivity index (χ0) is 16.9. The molecule has 0 saturated carbocycles. The van der Waals surface area contributed by atoms with E-state index >= 15 is 0 Å². The van der Waals surface area contributed by atoms with Gasteiger partial charge in [-0.15, -0.1) is 0 Å². The quantitative estimate of drug-likeness (QED) is 0.480. The number of halogens is 1. The molecule has 0 amide bonds. The molecule has 2 heterocycles. The van der Waals surface area contributed by atoms with Gasteiger partial charge in [-0.1, -0.05) is 84.9 Å². The fraction of sp³-hybridized carbons (Fsp3) is 0.143. The number of hydrogen-bond donors (Lipinski definition) is 0. The third kappa shape index (κ3) is 2.11. The second-order valence-electron chi connectivity index (χ2n) is 6.27. The van der Waals surface area contributed by atoms with Crippen LogP contribution in [0.5, 0.6) is 0 Å². The molecule has 3 aromatic carbocycles. The van der Waals surface area contributed by atoms with Gasteiger partial charge in [0.1, 0.15) is 0 Å². The Morgan fingerprint density at radius 2 is 1.36 bits per heavy atom. The maximum absolute atomic E-state index is 6.65. The minimum Gasteiger partial charge on any atom is -0.291 e. The minimum absolute atomic E-state index is 0.207. The Morgan fingerprint density at radius 1 is 0.720 bits per heavy atom. The van der Waals surface area contributed by atoms with Crippen LogP contribution < -0.4 is 0 Å². The van der Waals surface area contributed by atoms with Crippen molar-refractivity contribution in [3.8, 4) is 0 Å². The van der Waals surface area contributed by atoms with Crippen molar-refractivity contribution in [3.63, 3.8) is 0 Å². The molecule has 0 radical (unpaired) electrons. The van der Waals surface area contributed by atoms with Crippen molar-refractivity contribution in [3.05, 3.63) is 107 Å². The highest BCUT2D eigenvalue weighted by atomic mass is 35.5. The summed E-state index contributed by atoms with van der Waals surface area (Å²) in [7, 11) is 0. The van der Waals surface area contributed by atoms with Gasteiger partial charge in [0.15, 0.2) is 0 Å². The van der Waals surface area contributed by atoms with Crippen molar-refractivity contribution in [1.82, 2.24) is 0 Å². The summed E-state index contributed by atoms with van der Waals surface area (Å²) in [6.07, 6.45) is 0. The SMILES string of the molecule is Cl[C@]12OO[C@@](c3ccccc3)(O1)[C@@H](c1ccccc1)c1ccccc12. The van der Waals surface area contributed by atoms with Gasteiger partial charge in [-0.25, -0.2) is 0 Å². The maximum atomic E-state index is 6.65. The molecule has 0 aliphatic carbocycles. The summed E-state index contributed by atoms with van der Waals surface area (Å²) < 4.78 is 6.27. The van der Waals surface area contributed by atoms with Gasteiger partial charge in [0.25, 0.3) is 0 Å². The molecule has 3 nitrogen and oxygen atoms in total. The lowest BCUT2D eigenvalue weighted by molar-refractivity contribution is -0.343. The smallest absolute Gasteiger partial charge is 0.291 e. The van der Waals surface area contributed by atoms with E-state index in [0.29, 0.717) is 0 Å². The average molecular weight is 351 g/mol. The summed E-state index contributed by atoms with van der Waals surface area (Å²) in [5, 5.41) is -1.45. The number of fused-ring (bicyclic) bond motifs is 4. The van der Waals surface area contributed by atoms with Crippen LogP contribution in [0.2, 0.25) is 0 Å². The first-order chi connectivity index (χ1) is 12.2. The summed E-state index contributed by atoms with van der Waals surface area (Å²) in [5.41, 5.74) is 3.75. The number of alkyl halides is 1. The van der Waals surface area contributed by atoms with Gasteiger partial charge in [-0.05, 0) is 22.7 Å². The van der Waals surface area contributed by atoms with E-state index in [4.69, 9.17) is 26.1 Å². The summed E-state index contributed by atoms with van der Waals surface area (Å²) in [6, 6.07) is 27.8. The van der Waals surface area contributed by atoms with E-state index in [1.807, 2.05) is 66.7 Å². The molecular weight excluding hydrogens is 336 g/mol. The standard InChI is InChI=1S/C21H15ClO3/c22-21-18-14-8-7-13-17(18)19(15-9-3-1-4-10-15)20(23-21,24-25-21)16-11-5-2-6-12-16/h1-14,19H/t19-,20+,21-/m0/s1. The summed E-state index contributed by atoms with van der Waals surface area (Å²) >= 11 is 6.65.